The lowest BCUT2D eigenvalue weighted by molar-refractivity contribution is 0.440. The quantitative estimate of drug-likeness (QED) is 0.205. The van der Waals surface area contributed by atoms with Crippen molar-refractivity contribution in [1.82, 2.24) is 4.90 Å². The minimum absolute atomic E-state index is 0.229. The number of allylic oxidation sites excluding steroid dienone is 1. The van der Waals surface area contributed by atoms with Crippen LogP contribution in [0.25, 0.3) is 0 Å². The standard InChI is InChI=1S/C16H23FN2.C10H13ClO.C8H10/c1-5-6-10-19(13(4)12(2)3)16(18)14-8-7-9-15(17)11-14;1-7(2)5-8-3-4-9(12)6-10(8)11;1-2-8-6-4-3-5-7-8/h7-9,11-12,18H,4-6,10H2,1-3H3;3-4,6-7,12H,5H2,1-2H3;3-7H,2H2,1H3. The molecule has 3 nitrogen and oxygen atoms in total. The molecule has 0 aliphatic carbocycles. The van der Waals surface area contributed by atoms with Gasteiger partial charge in [-0.2, -0.15) is 0 Å². The number of hydrogen-bond acceptors (Lipinski definition) is 2. The molecule has 0 unspecified atom stereocenters. The minimum atomic E-state index is -0.312. The highest BCUT2D eigenvalue weighted by Gasteiger charge is 2.17. The molecule has 0 heterocycles. The fourth-order valence-corrected chi connectivity index (χ4v) is 3.93. The third-order valence-electron chi connectivity index (χ3n) is 6.03. The number of amidine groups is 1. The Labute approximate surface area is 240 Å². The van der Waals surface area contributed by atoms with Gasteiger partial charge in [0.05, 0.1) is 0 Å². The molecule has 5 heteroatoms. The third kappa shape index (κ3) is 13.0. The van der Waals surface area contributed by atoms with Crippen molar-refractivity contribution in [3.8, 4) is 5.75 Å². The zero-order valence-corrected chi connectivity index (χ0v) is 25.2. The lowest BCUT2D eigenvalue weighted by atomic mass is 10.0. The van der Waals surface area contributed by atoms with Crippen LogP contribution in [0.5, 0.6) is 5.75 Å². The third-order valence-corrected chi connectivity index (χ3v) is 6.38. The normalized spacial score (nSPS) is 10.3. The number of halogens is 2. The fraction of sp³-hybridized carbons (Fsp3) is 0.382. The monoisotopic (exact) mass is 552 g/mol. The van der Waals surface area contributed by atoms with E-state index in [1.807, 2.05) is 17.0 Å². The van der Waals surface area contributed by atoms with Gasteiger partial charge in [0, 0.05) is 22.8 Å². The van der Waals surface area contributed by atoms with E-state index in [-0.39, 0.29) is 17.5 Å². The summed E-state index contributed by atoms with van der Waals surface area (Å²) in [5, 5.41) is 18.0. The molecule has 0 bridgehead atoms. The highest BCUT2D eigenvalue weighted by atomic mass is 35.5. The first-order chi connectivity index (χ1) is 18.5. The van der Waals surface area contributed by atoms with Crippen molar-refractivity contribution in [3.63, 3.8) is 0 Å². The molecular weight excluding hydrogens is 507 g/mol. The summed E-state index contributed by atoms with van der Waals surface area (Å²) in [7, 11) is 0. The van der Waals surface area contributed by atoms with E-state index in [2.05, 4.69) is 72.4 Å². The van der Waals surface area contributed by atoms with Crippen molar-refractivity contribution in [1.29, 1.82) is 5.41 Å². The molecule has 0 aromatic heterocycles. The Bertz CT molecular complexity index is 1140. The zero-order chi connectivity index (χ0) is 29.4. The van der Waals surface area contributed by atoms with Gasteiger partial charge in [0.2, 0.25) is 0 Å². The molecule has 3 aromatic rings. The van der Waals surface area contributed by atoms with Crippen LogP contribution in [0.2, 0.25) is 5.02 Å². The molecule has 0 saturated heterocycles. The number of rotatable bonds is 9. The first-order valence-electron chi connectivity index (χ1n) is 13.8. The maximum absolute atomic E-state index is 13.3. The van der Waals surface area contributed by atoms with Crippen molar-refractivity contribution in [3.05, 3.63) is 113 Å². The lowest BCUT2D eigenvalue weighted by Gasteiger charge is -2.29. The minimum Gasteiger partial charge on any atom is -0.508 e. The van der Waals surface area contributed by atoms with Crippen LogP contribution in [0.4, 0.5) is 4.39 Å². The molecule has 0 amide bonds. The van der Waals surface area contributed by atoms with E-state index in [0.717, 1.165) is 43.5 Å². The molecule has 212 valence electrons. The Balaban J connectivity index is 0.000000322. The van der Waals surface area contributed by atoms with E-state index in [0.29, 0.717) is 22.3 Å². The number of nitrogens with one attached hydrogen (secondary N) is 1. The molecule has 0 saturated carbocycles. The van der Waals surface area contributed by atoms with Crippen LogP contribution in [0, 0.1) is 23.1 Å². The Hall–Kier alpha value is -3.11. The maximum atomic E-state index is 13.3. The van der Waals surface area contributed by atoms with Crippen LogP contribution in [0.3, 0.4) is 0 Å². The van der Waals surface area contributed by atoms with Gasteiger partial charge < -0.3 is 10.0 Å². The van der Waals surface area contributed by atoms with Gasteiger partial charge >= 0.3 is 0 Å². The van der Waals surface area contributed by atoms with Crippen molar-refractivity contribution in [2.24, 2.45) is 11.8 Å². The molecule has 0 spiro atoms. The lowest BCUT2D eigenvalue weighted by Crippen LogP contribution is -2.33. The average Bonchev–Trinajstić information content (AvgIpc) is 2.91. The molecule has 0 aliphatic rings. The molecule has 0 aliphatic heterocycles. The van der Waals surface area contributed by atoms with Crippen LogP contribution in [0.15, 0.2) is 85.1 Å². The number of phenolic OH excluding ortho intramolecular Hbond substituents is 1. The summed E-state index contributed by atoms with van der Waals surface area (Å²) in [6.45, 7) is 17.5. The number of nitrogens with zero attached hydrogens (tertiary/aromatic N) is 1. The number of benzene rings is 3. The van der Waals surface area contributed by atoms with Crippen LogP contribution in [-0.2, 0) is 12.8 Å². The molecule has 0 atom stereocenters. The first kappa shape index (κ1) is 33.9. The van der Waals surface area contributed by atoms with Gasteiger partial charge in [0.1, 0.15) is 17.4 Å². The molecule has 2 N–H and O–H groups in total. The van der Waals surface area contributed by atoms with Gasteiger partial charge in [-0.15, -0.1) is 0 Å². The molecule has 0 radical (unpaired) electrons. The number of aromatic hydroxyl groups is 1. The number of unbranched alkanes of at least 4 members (excludes halogenated alkanes) is 1. The fourth-order valence-electron chi connectivity index (χ4n) is 3.67. The van der Waals surface area contributed by atoms with E-state index in [9.17, 15) is 4.39 Å². The highest BCUT2D eigenvalue weighted by molar-refractivity contribution is 6.31. The van der Waals surface area contributed by atoms with Gasteiger partial charge in [0.25, 0.3) is 0 Å². The van der Waals surface area contributed by atoms with Gasteiger partial charge in [-0.3, -0.25) is 5.41 Å². The van der Waals surface area contributed by atoms with E-state index in [1.54, 1.807) is 24.3 Å². The largest absolute Gasteiger partial charge is 0.508 e. The number of aryl methyl sites for hydroxylation is 1. The van der Waals surface area contributed by atoms with Gasteiger partial charge in [0.15, 0.2) is 0 Å². The van der Waals surface area contributed by atoms with Gasteiger partial charge in [-0.1, -0.05) is 115 Å². The second kappa shape index (κ2) is 18.2. The SMILES string of the molecule is C=C(C(C)C)N(CCCC)C(=N)c1cccc(F)c1.CC(C)Cc1ccc(O)cc1Cl.CCc1ccccc1. The summed E-state index contributed by atoms with van der Waals surface area (Å²) in [4.78, 5) is 1.89. The molecule has 39 heavy (non-hydrogen) atoms. The Kier molecular flexibility index (Phi) is 15.9. The van der Waals surface area contributed by atoms with Gasteiger partial charge in [-0.05, 0) is 66.5 Å². The Morgan fingerprint density at radius 2 is 1.64 bits per heavy atom. The number of hydrogen-bond donors (Lipinski definition) is 2. The number of phenols is 1. The van der Waals surface area contributed by atoms with E-state index in [1.165, 1.54) is 17.7 Å². The molecular formula is C34H46ClFN2O. The molecule has 3 rings (SSSR count). The van der Waals surface area contributed by atoms with Crippen molar-refractivity contribution < 1.29 is 9.50 Å². The summed E-state index contributed by atoms with van der Waals surface area (Å²) >= 11 is 5.91. The second-order valence-corrected chi connectivity index (χ2v) is 10.6. The predicted molar refractivity (Wildman–Crippen MR) is 166 cm³/mol. The average molecular weight is 553 g/mol. The van der Waals surface area contributed by atoms with Crippen molar-refractivity contribution in [2.75, 3.05) is 6.54 Å². The summed E-state index contributed by atoms with van der Waals surface area (Å²) in [5.74, 6) is 1.10. The topological polar surface area (TPSA) is 47.3 Å². The highest BCUT2D eigenvalue weighted by Crippen LogP contribution is 2.23. The van der Waals surface area contributed by atoms with Crippen molar-refractivity contribution in [2.45, 2.75) is 67.2 Å². The van der Waals surface area contributed by atoms with Gasteiger partial charge in [-0.25, -0.2) is 4.39 Å². The summed E-state index contributed by atoms with van der Waals surface area (Å²) < 4.78 is 13.3. The Morgan fingerprint density at radius 3 is 2.13 bits per heavy atom. The first-order valence-corrected chi connectivity index (χ1v) is 14.2. The van der Waals surface area contributed by atoms with Crippen molar-refractivity contribution >= 4 is 17.4 Å². The maximum Gasteiger partial charge on any atom is 0.132 e. The van der Waals surface area contributed by atoms with Crippen LogP contribution >= 0.6 is 11.6 Å². The molecule has 3 aromatic carbocycles. The van der Waals surface area contributed by atoms with Crippen LogP contribution in [-0.4, -0.2) is 22.4 Å². The smallest absolute Gasteiger partial charge is 0.132 e. The Morgan fingerprint density at radius 1 is 0.974 bits per heavy atom. The second-order valence-electron chi connectivity index (χ2n) is 10.2. The van der Waals surface area contributed by atoms with Crippen LogP contribution < -0.4 is 0 Å². The summed E-state index contributed by atoms with van der Waals surface area (Å²) in [6, 6.07) is 21.8. The van der Waals surface area contributed by atoms with E-state index in [4.69, 9.17) is 22.1 Å². The molecule has 0 fully saturated rings. The summed E-state index contributed by atoms with van der Waals surface area (Å²) in [5.41, 5.74) is 4.01. The zero-order valence-electron chi connectivity index (χ0n) is 24.5. The van der Waals surface area contributed by atoms with Crippen LogP contribution in [0.1, 0.15) is 71.1 Å². The van der Waals surface area contributed by atoms with E-state index >= 15 is 0 Å². The summed E-state index contributed by atoms with van der Waals surface area (Å²) in [6.07, 6.45) is 4.14. The van der Waals surface area contributed by atoms with E-state index < -0.39 is 0 Å². The predicted octanol–water partition coefficient (Wildman–Crippen LogP) is 9.92.